The Morgan fingerprint density at radius 1 is 1.36 bits per heavy atom. The molecule has 0 aromatic heterocycles. The number of hydrogen-bond donors (Lipinski definition) is 2. The summed E-state index contributed by atoms with van der Waals surface area (Å²) in [5.74, 6) is -0.691. The van der Waals surface area contributed by atoms with Crippen molar-refractivity contribution in [2.24, 2.45) is 16.7 Å². The van der Waals surface area contributed by atoms with Crippen molar-refractivity contribution in [1.29, 1.82) is 0 Å². The van der Waals surface area contributed by atoms with E-state index in [2.05, 4.69) is 13.8 Å². The van der Waals surface area contributed by atoms with Gasteiger partial charge in [-0.15, -0.1) is 0 Å². The lowest BCUT2D eigenvalue weighted by molar-refractivity contribution is -0.176. The number of aliphatic hydroxyl groups is 1. The lowest BCUT2D eigenvalue weighted by Crippen LogP contribution is -2.52. The van der Waals surface area contributed by atoms with Crippen molar-refractivity contribution in [2.75, 3.05) is 0 Å². The summed E-state index contributed by atoms with van der Waals surface area (Å²) in [5, 5.41) is 19.4. The average Bonchev–Trinajstić information content (AvgIpc) is 2.36. The van der Waals surface area contributed by atoms with Gasteiger partial charge in [0.2, 0.25) is 0 Å². The van der Waals surface area contributed by atoms with Crippen molar-refractivity contribution in [3.8, 4) is 0 Å². The number of hydrogen-bond acceptors (Lipinski definition) is 2. The van der Waals surface area contributed by atoms with E-state index in [1.165, 1.54) is 0 Å². The van der Waals surface area contributed by atoms with Crippen molar-refractivity contribution in [2.45, 2.75) is 45.6 Å². The molecule has 0 aromatic rings. The number of carboxylic acids is 1. The van der Waals surface area contributed by atoms with Crippen LogP contribution in [0.15, 0.2) is 0 Å². The molecule has 0 unspecified atom stereocenters. The Kier molecular flexibility index (Phi) is 1.65. The van der Waals surface area contributed by atoms with E-state index in [0.717, 1.165) is 12.8 Å². The van der Waals surface area contributed by atoms with Crippen LogP contribution < -0.4 is 0 Å². The van der Waals surface area contributed by atoms with Crippen LogP contribution in [-0.4, -0.2) is 21.8 Å². The molecule has 0 amide bonds. The maximum atomic E-state index is 11.2. The number of carboxylic acid groups (broad SMARTS) is 1. The first-order valence-electron chi connectivity index (χ1n) is 5.21. The van der Waals surface area contributed by atoms with E-state index in [-0.39, 0.29) is 5.41 Å². The predicted octanol–water partition coefficient (Wildman–Crippen LogP) is 1.65. The highest BCUT2D eigenvalue weighted by molar-refractivity contribution is 5.79. The third-order valence-corrected chi connectivity index (χ3v) is 5.24. The minimum absolute atomic E-state index is 0.0554. The molecule has 2 saturated carbocycles. The van der Waals surface area contributed by atoms with Crippen LogP contribution in [0.3, 0.4) is 0 Å². The van der Waals surface area contributed by atoms with Crippen LogP contribution in [0.25, 0.3) is 0 Å². The second-order valence-electron chi connectivity index (χ2n) is 5.66. The number of rotatable bonds is 1. The third kappa shape index (κ3) is 0.761. The van der Waals surface area contributed by atoms with E-state index >= 15 is 0 Å². The number of carbonyl (C=O) groups is 1. The molecule has 14 heavy (non-hydrogen) atoms. The first kappa shape index (κ1) is 9.97. The van der Waals surface area contributed by atoms with Gasteiger partial charge in [-0.05, 0) is 30.6 Å². The Hall–Kier alpha value is -0.570. The first-order chi connectivity index (χ1) is 6.26. The van der Waals surface area contributed by atoms with Gasteiger partial charge in [-0.25, -0.2) is 4.79 Å². The van der Waals surface area contributed by atoms with Crippen molar-refractivity contribution in [3.63, 3.8) is 0 Å². The summed E-state index contributed by atoms with van der Waals surface area (Å²) in [6.07, 6.45) is 2.30. The average molecular weight is 198 g/mol. The molecule has 0 spiro atoms. The topological polar surface area (TPSA) is 57.5 Å². The van der Waals surface area contributed by atoms with Crippen molar-refractivity contribution in [1.82, 2.24) is 0 Å². The number of fused-ring (bicyclic) bond motifs is 2. The van der Waals surface area contributed by atoms with Crippen molar-refractivity contribution < 1.29 is 15.0 Å². The number of aliphatic carboxylic acids is 1. The van der Waals surface area contributed by atoms with Gasteiger partial charge >= 0.3 is 5.97 Å². The van der Waals surface area contributed by atoms with E-state index in [0.29, 0.717) is 12.3 Å². The summed E-state index contributed by atoms with van der Waals surface area (Å²) < 4.78 is 0. The molecule has 3 heteroatoms. The maximum absolute atomic E-state index is 11.2. The molecule has 2 rings (SSSR count). The molecule has 2 aliphatic rings. The Morgan fingerprint density at radius 3 is 2.14 bits per heavy atom. The summed E-state index contributed by atoms with van der Waals surface area (Å²) in [6, 6.07) is 0. The molecule has 2 fully saturated rings. The van der Waals surface area contributed by atoms with Crippen LogP contribution in [0.5, 0.6) is 0 Å². The van der Waals surface area contributed by atoms with Gasteiger partial charge in [-0.2, -0.15) is 0 Å². The fraction of sp³-hybridized carbons (Fsp3) is 0.909. The summed E-state index contributed by atoms with van der Waals surface area (Å²) >= 11 is 0. The van der Waals surface area contributed by atoms with Gasteiger partial charge in [-0.1, -0.05) is 20.8 Å². The lowest BCUT2D eigenvalue weighted by atomic mass is 9.64. The molecular formula is C11H18O3. The SMILES string of the molecule is CC1(C)[C@@H]2CC[C@@]1(C)[C@@](O)(C(=O)O)C2. The fourth-order valence-corrected chi connectivity index (χ4v) is 3.60. The molecule has 0 aromatic carbocycles. The zero-order valence-corrected chi connectivity index (χ0v) is 9.00. The van der Waals surface area contributed by atoms with Crippen LogP contribution in [0.1, 0.15) is 40.0 Å². The van der Waals surface area contributed by atoms with Crippen LogP contribution in [0, 0.1) is 16.7 Å². The molecule has 0 radical (unpaired) electrons. The standard InChI is InChI=1S/C11H18O3/c1-9(2)7-4-5-10(9,3)11(14,6-7)8(12)13/h7,14H,4-6H2,1-3H3,(H,12,13)/t7-,10-,11+/m1/s1. The van der Waals surface area contributed by atoms with Gasteiger partial charge in [0.1, 0.15) is 0 Å². The second kappa shape index (κ2) is 2.32. The summed E-state index contributed by atoms with van der Waals surface area (Å²) in [6.45, 7) is 6.10. The summed E-state index contributed by atoms with van der Waals surface area (Å²) in [7, 11) is 0. The van der Waals surface area contributed by atoms with Crippen LogP contribution >= 0.6 is 0 Å². The van der Waals surface area contributed by atoms with Crippen LogP contribution in [0.2, 0.25) is 0 Å². The molecule has 80 valence electrons. The zero-order chi connectivity index (χ0) is 10.8. The van der Waals surface area contributed by atoms with Gasteiger partial charge in [0, 0.05) is 5.41 Å². The lowest BCUT2D eigenvalue weighted by Gasteiger charge is -2.42. The van der Waals surface area contributed by atoms with Gasteiger partial charge in [0.25, 0.3) is 0 Å². The van der Waals surface area contributed by atoms with E-state index in [9.17, 15) is 9.90 Å². The van der Waals surface area contributed by atoms with E-state index in [1.807, 2.05) is 6.92 Å². The van der Waals surface area contributed by atoms with Crippen molar-refractivity contribution in [3.05, 3.63) is 0 Å². The van der Waals surface area contributed by atoms with Gasteiger partial charge in [0.15, 0.2) is 5.60 Å². The Bertz CT molecular complexity index is 297. The van der Waals surface area contributed by atoms with Crippen LogP contribution in [0.4, 0.5) is 0 Å². The summed E-state index contributed by atoms with van der Waals surface area (Å²) in [4.78, 5) is 11.2. The predicted molar refractivity (Wildman–Crippen MR) is 51.8 cm³/mol. The van der Waals surface area contributed by atoms with Gasteiger partial charge < -0.3 is 10.2 Å². The molecular weight excluding hydrogens is 180 g/mol. The molecule has 2 bridgehead atoms. The first-order valence-corrected chi connectivity index (χ1v) is 5.21. The summed E-state index contributed by atoms with van der Waals surface area (Å²) in [5.41, 5.74) is -2.02. The maximum Gasteiger partial charge on any atom is 0.336 e. The highest BCUT2D eigenvalue weighted by Gasteiger charge is 2.71. The quantitative estimate of drug-likeness (QED) is 0.673. The van der Waals surface area contributed by atoms with E-state index in [4.69, 9.17) is 5.11 Å². The molecule has 3 nitrogen and oxygen atoms in total. The Balaban J connectivity index is 2.50. The molecule has 0 heterocycles. The molecule has 0 aliphatic heterocycles. The minimum atomic E-state index is -1.50. The van der Waals surface area contributed by atoms with Gasteiger partial charge in [0.05, 0.1) is 0 Å². The smallest absolute Gasteiger partial charge is 0.336 e. The molecule has 2 N–H and O–H groups in total. The zero-order valence-electron chi connectivity index (χ0n) is 9.00. The van der Waals surface area contributed by atoms with E-state index in [1.54, 1.807) is 0 Å². The molecule has 0 saturated heterocycles. The monoisotopic (exact) mass is 198 g/mol. The second-order valence-corrected chi connectivity index (χ2v) is 5.66. The fourth-order valence-electron chi connectivity index (χ4n) is 3.60. The normalized spacial score (nSPS) is 49.6. The highest BCUT2D eigenvalue weighted by atomic mass is 16.4. The molecule has 3 atom stereocenters. The highest BCUT2D eigenvalue weighted by Crippen LogP contribution is 2.69. The molecule has 2 aliphatic carbocycles. The van der Waals surface area contributed by atoms with Crippen LogP contribution in [-0.2, 0) is 4.79 Å². The Morgan fingerprint density at radius 2 is 1.93 bits per heavy atom. The largest absolute Gasteiger partial charge is 0.479 e. The Labute approximate surface area is 84.1 Å². The van der Waals surface area contributed by atoms with Gasteiger partial charge in [-0.3, -0.25) is 0 Å². The minimum Gasteiger partial charge on any atom is -0.479 e. The van der Waals surface area contributed by atoms with E-state index < -0.39 is 17.0 Å². The van der Waals surface area contributed by atoms with Crippen molar-refractivity contribution >= 4 is 5.97 Å². The third-order valence-electron chi connectivity index (χ3n) is 5.24.